The predicted octanol–water partition coefficient (Wildman–Crippen LogP) is 0.538. The van der Waals surface area contributed by atoms with Gasteiger partial charge in [0.1, 0.15) is 0 Å². The molecule has 1 atom stereocenters. The van der Waals surface area contributed by atoms with Gasteiger partial charge in [-0.1, -0.05) is 11.6 Å². The van der Waals surface area contributed by atoms with Gasteiger partial charge in [-0.15, -0.1) is 0 Å². The van der Waals surface area contributed by atoms with Crippen LogP contribution in [-0.2, 0) is 11.3 Å². The standard InChI is InChI=1S/C11H18ClN3O2/c1-9-11(12)6-13-15(9)8-10(16)7-14-2-4-17-5-3-14/h6,10,16H,2-5,7-8H2,1H3. The average molecular weight is 260 g/mol. The van der Waals surface area contributed by atoms with Crippen LogP contribution < -0.4 is 0 Å². The molecule has 0 aliphatic carbocycles. The lowest BCUT2D eigenvalue weighted by Gasteiger charge is -2.28. The third-order valence-corrected chi connectivity index (χ3v) is 3.37. The highest BCUT2D eigenvalue weighted by Crippen LogP contribution is 2.13. The predicted molar refractivity (Wildman–Crippen MR) is 65.2 cm³/mol. The molecule has 0 spiro atoms. The van der Waals surface area contributed by atoms with Gasteiger partial charge in [0.25, 0.3) is 0 Å². The van der Waals surface area contributed by atoms with Gasteiger partial charge in [0.05, 0.1) is 42.8 Å². The summed E-state index contributed by atoms with van der Waals surface area (Å²) in [7, 11) is 0. The van der Waals surface area contributed by atoms with Crippen LogP contribution in [0.3, 0.4) is 0 Å². The van der Waals surface area contributed by atoms with Crippen LogP contribution in [0.25, 0.3) is 0 Å². The quantitative estimate of drug-likeness (QED) is 0.858. The molecule has 0 radical (unpaired) electrons. The molecule has 17 heavy (non-hydrogen) atoms. The molecular formula is C11H18ClN3O2. The summed E-state index contributed by atoms with van der Waals surface area (Å²) in [6, 6.07) is 0. The second-order valence-corrected chi connectivity index (χ2v) is 4.73. The Bertz CT molecular complexity index is 364. The molecule has 1 aliphatic heterocycles. The molecule has 1 saturated heterocycles. The highest BCUT2D eigenvalue weighted by molar-refractivity contribution is 6.31. The summed E-state index contributed by atoms with van der Waals surface area (Å²) in [5, 5.41) is 14.8. The fourth-order valence-electron chi connectivity index (χ4n) is 1.95. The Morgan fingerprint density at radius 1 is 1.47 bits per heavy atom. The molecule has 0 aromatic carbocycles. The zero-order valence-electron chi connectivity index (χ0n) is 9.97. The Morgan fingerprint density at radius 2 is 2.18 bits per heavy atom. The molecule has 0 saturated carbocycles. The Morgan fingerprint density at radius 3 is 2.76 bits per heavy atom. The SMILES string of the molecule is Cc1c(Cl)cnn1CC(O)CN1CCOCC1. The van der Waals surface area contributed by atoms with Crippen LogP contribution in [0.1, 0.15) is 5.69 Å². The van der Waals surface area contributed by atoms with E-state index >= 15 is 0 Å². The molecule has 96 valence electrons. The van der Waals surface area contributed by atoms with Gasteiger partial charge in [-0.3, -0.25) is 9.58 Å². The van der Waals surface area contributed by atoms with Crippen LogP contribution in [-0.4, -0.2) is 58.7 Å². The minimum absolute atomic E-state index is 0.428. The topological polar surface area (TPSA) is 50.5 Å². The Labute approximate surface area is 106 Å². The molecule has 1 N–H and O–H groups in total. The second-order valence-electron chi connectivity index (χ2n) is 4.33. The molecular weight excluding hydrogens is 242 g/mol. The van der Waals surface area contributed by atoms with Crippen molar-refractivity contribution < 1.29 is 9.84 Å². The maximum atomic E-state index is 10.0. The number of aliphatic hydroxyl groups excluding tert-OH is 1. The van der Waals surface area contributed by atoms with Gasteiger partial charge in [-0.25, -0.2) is 0 Å². The lowest BCUT2D eigenvalue weighted by molar-refractivity contribution is 0.0107. The Balaban J connectivity index is 1.84. The van der Waals surface area contributed by atoms with E-state index in [0.717, 1.165) is 32.0 Å². The van der Waals surface area contributed by atoms with Gasteiger partial charge in [0, 0.05) is 19.6 Å². The van der Waals surface area contributed by atoms with Crippen molar-refractivity contribution >= 4 is 11.6 Å². The van der Waals surface area contributed by atoms with Crippen LogP contribution in [0.15, 0.2) is 6.20 Å². The molecule has 5 nitrogen and oxygen atoms in total. The largest absolute Gasteiger partial charge is 0.390 e. The zero-order chi connectivity index (χ0) is 12.3. The first kappa shape index (κ1) is 12.8. The van der Waals surface area contributed by atoms with Crippen molar-refractivity contribution in [1.29, 1.82) is 0 Å². The minimum Gasteiger partial charge on any atom is -0.390 e. The number of β-amino-alcohol motifs (C(OH)–C–C–N with tert-alkyl or cyclic N) is 1. The van der Waals surface area contributed by atoms with E-state index in [-0.39, 0.29) is 0 Å². The van der Waals surface area contributed by atoms with E-state index in [4.69, 9.17) is 16.3 Å². The van der Waals surface area contributed by atoms with E-state index in [9.17, 15) is 5.11 Å². The van der Waals surface area contributed by atoms with Gasteiger partial charge < -0.3 is 9.84 Å². The Hall–Kier alpha value is -0.620. The summed E-state index contributed by atoms with van der Waals surface area (Å²) < 4.78 is 7.01. The number of halogens is 1. The van der Waals surface area contributed by atoms with Crippen LogP contribution in [0.4, 0.5) is 0 Å². The number of nitrogens with zero attached hydrogens (tertiary/aromatic N) is 3. The van der Waals surface area contributed by atoms with E-state index in [1.54, 1.807) is 10.9 Å². The lowest BCUT2D eigenvalue weighted by Crippen LogP contribution is -2.42. The maximum Gasteiger partial charge on any atom is 0.0862 e. The first-order chi connectivity index (χ1) is 8.16. The van der Waals surface area contributed by atoms with Crippen LogP contribution in [0.5, 0.6) is 0 Å². The fraction of sp³-hybridized carbons (Fsp3) is 0.727. The van der Waals surface area contributed by atoms with Crippen molar-refractivity contribution in [2.24, 2.45) is 0 Å². The normalized spacial score (nSPS) is 19.5. The smallest absolute Gasteiger partial charge is 0.0862 e. The van der Waals surface area contributed by atoms with Crippen molar-refractivity contribution in [3.8, 4) is 0 Å². The highest BCUT2D eigenvalue weighted by Gasteiger charge is 2.16. The van der Waals surface area contributed by atoms with Gasteiger partial charge >= 0.3 is 0 Å². The van der Waals surface area contributed by atoms with Gasteiger partial charge in [0.2, 0.25) is 0 Å². The van der Waals surface area contributed by atoms with E-state index in [1.807, 2.05) is 6.92 Å². The van der Waals surface area contributed by atoms with Crippen LogP contribution in [0, 0.1) is 6.92 Å². The average Bonchev–Trinajstić information content (AvgIpc) is 2.62. The van der Waals surface area contributed by atoms with Crippen molar-refractivity contribution in [2.75, 3.05) is 32.8 Å². The van der Waals surface area contributed by atoms with Crippen molar-refractivity contribution in [3.63, 3.8) is 0 Å². The molecule has 1 aromatic rings. The molecule has 1 fully saturated rings. The summed E-state index contributed by atoms with van der Waals surface area (Å²) in [5.74, 6) is 0. The molecule has 1 aliphatic rings. The zero-order valence-corrected chi connectivity index (χ0v) is 10.7. The highest BCUT2D eigenvalue weighted by atomic mass is 35.5. The number of aliphatic hydroxyl groups is 1. The monoisotopic (exact) mass is 259 g/mol. The Kier molecular flexibility index (Phi) is 4.39. The first-order valence-electron chi connectivity index (χ1n) is 5.83. The number of hydrogen-bond donors (Lipinski definition) is 1. The van der Waals surface area contributed by atoms with E-state index in [1.165, 1.54) is 0 Å². The lowest BCUT2D eigenvalue weighted by atomic mass is 10.3. The van der Waals surface area contributed by atoms with Crippen molar-refractivity contribution in [1.82, 2.24) is 14.7 Å². The number of ether oxygens (including phenoxy) is 1. The maximum absolute atomic E-state index is 10.0. The molecule has 6 heteroatoms. The van der Waals surface area contributed by atoms with Gasteiger partial charge in [0.15, 0.2) is 0 Å². The third kappa shape index (κ3) is 3.42. The summed E-state index contributed by atoms with van der Waals surface area (Å²) in [6.45, 7) is 6.30. The first-order valence-corrected chi connectivity index (χ1v) is 6.20. The minimum atomic E-state index is -0.428. The second kappa shape index (κ2) is 5.82. The number of rotatable bonds is 4. The van der Waals surface area contributed by atoms with Crippen LogP contribution in [0.2, 0.25) is 5.02 Å². The fourth-order valence-corrected chi connectivity index (χ4v) is 2.09. The summed E-state index contributed by atoms with van der Waals surface area (Å²) >= 11 is 5.91. The van der Waals surface area contributed by atoms with Crippen molar-refractivity contribution in [2.45, 2.75) is 19.6 Å². The number of hydrogen-bond acceptors (Lipinski definition) is 4. The molecule has 0 bridgehead atoms. The molecule has 1 unspecified atom stereocenters. The van der Waals surface area contributed by atoms with E-state index < -0.39 is 6.10 Å². The molecule has 1 aromatic heterocycles. The van der Waals surface area contributed by atoms with Gasteiger partial charge in [-0.2, -0.15) is 5.10 Å². The van der Waals surface area contributed by atoms with Gasteiger partial charge in [-0.05, 0) is 6.92 Å². The van der Waals surface area contributed by atoms with E-state index in [0.29, 0.717) is 18.1 Å². The molecule has 2 rings (SSSR count). The summed E-state index contributed by atoms with van der Waals surface area (Å²) in [6.07, 6.45) is 1.18. The summed E-state index contributed by atoms with van der Waals surface area (Å²) in [5.41, 5.74) is 0.896. The summed E-state index contributed by atoms with van der Waals surface area (Å²) in [4.78, 5) is 2.20. The molecule has 0 amide bonds. The third-order valence-electron chi connectivity index (χ3n) is 3.00. The number of aromatic nitrogens is 2. The number of morpholine rings is 1. The van der Waals surface area contributed by atoms with Crippen molar-refractivity contribution in [3.05, 3.63) is 16.9 Å². The van der Waals surface area contributed by atoms with E-state index in [2.05, 4.69) is 10.00 Å². The van der Waals surface area contributed by atoms with Crippen LogP contribution >= 0.6 is 11.6 Å². The molecule has 2 heterocycles.